The standard InChI is InChI=1S/C18H14N4O2/c1-19-15-6-4-3-5-14(15)12-22-10-9-21-17(22)16-11-13(7-8-20-16)18(23)24-2/h3-11H,12H2,2H3. The molecule has 3 aromatic rings. The molecule has 2 aromatic heterocycles. The number of carbonyl (C=O) groups is 1. The summed E-state index contributed by atoms with van der Waals surface area (Å²) in [5, 5.41) is 0. The number of ether oxygens (including phenoxy) is 1. The van der Waals surface area contributed by atoms with Gasteiger partial charge in [-0.3, -0.25) is 4.98 Å². The minimum absolute atomic E-state index is 0.415. The highest BCUT2D eigenvalue weighted by Gasteiger charge is 2.13. The summed E-state index contributed by atoms with van der Waals surface area (Å²) in [5.74, 6) is 0.204. The van der Waals surface area contributed by atoms with E-state index in [0.29, 0.717) is 29.3 Å². The fraction of sp³-hybridized carbons (Fsp3) is 0.111. The average molecular weight is 318 g/mol. The van der Waals surface area contributed by atoms with Gasteiger partial charge in [0, 0.05) is 25.1 Å². The van der Waals surface area contributed by atoms with Crippen LogP contribution in [0.5, 0.6) is 0 Å². The number of rotatable bonds is 4. The molecular weight excluding hydrogens is 304 g/mol. The van der Waals surface area contributed by atoms with E-state index < -0.39 is 5.97 Å². The zero-order valence-corrected chi connectivity index (χ0v) is 13.0. The highest BCUT2D eigenvalue weighted by molar-refractivity contribution is 5.90. The molecule has 1 aromatic carbocycles. The summed E-state index contributed by atoms with van der Waals surface area (Å²) < 4.78 is 6.63. The largest absolute Gasteiger partial charge is 0.465 e. The van der Waals surface area contributed by atoms with Crippen LogP contribution in [-0.4, -0.2) is 27.6 Å². The molecule has 0 atom stereocenters. The molecule has 0 saturated carbocycles. The maximum absolute atomic E-state index is 11.7. The molecule has 0 spiro atoms. The smallest absolute Gasteiger partial charge is 0.337 e. The Morgan fingerprint density at radius 2 is 2.08 bits per heavy atom. The van der Waals surface area contributed by atoms with Crippen molar-refractivity contribution in [3.8, 4) is 11.5 Å². The van der Waals surface area contributed by atoms with Gasteiger partial charge in [-0.25, -0.2) is 14.6 Å². The molecule has 6 nitrogen and oxygen atoms in total. The SMILES string of the molecule is [C-]#[N+]c1ccccc1Cn1ccnc1-c1cc(C(=O)OC)ccn1. The van der Waals surface area contributed by atoms with Gasteiger partial charge >= 0.3 is 5.97 Å². The number of pyridine rings is 1. The zero-order chi connectivity index (χ0) is 16.9. The summed E-state index contributed by atoms with van der Waals surface area (Å²) in [4.78, 5) is 23.9. The molecule has 0 aliphatic heterocycles. The van der Waals surface area contributed by atoms with Crippen LogP contribution >= 0.6 is 0 Å². The highest BCUT2D eigenvalue weighted by atomic mass is 16.5. The van der Waals surface area contributed by atoms with E-state index in [0.717, 1.165) is 5.56 Å². The third-order valence-corrected chi connectivity index (χ3v) is 3.58. The van der Waals surface area contributed by atoms with Crippen LogP contribution in [0.1, 0.15) is 15.9 Å². The lowest BCUT2D eigenvalue weighted by molar-refractivity contribution is 0.0600. The van der Waals surface area contributed by atoms with Gasteiger partial charge in [0.25, 0.3) is 0 Å². The first-order valence-corrected chi connectivity index (χ1v) is 7.24. The Morgan fingerprint density at radius 1 is 1.25 bits per heavy atom. The molecule has 0 N–H and O–H groups in total. The molecule has 118 valence electrons. The van der Waals surface area contributed by atoms with E-state index in [9.17, 15) is 4.79 Å². The Bertz CT molecular complexity index is 925. The zero-order valence-electron chi connectivity index (χ0n) is 13.0. The molecule has 0 amide bonds. The highest BCUT2D eigenvalue weighted by Crippen LogP contribution is 2.23. The lowest BCUT2D eigenvalue weighted by Crippen LogP contribution is -2.05. The van der Waals surface area contributed by atoms with E-state index in [1.807, 2.05) is 29.0 Å². The number of methoxy groups -OCH3 is 1. The van der Waals surface area contributed by atoms with E-state index in [1.165, 1.54) is 7.11 Å². The number of carbonyl (C=O) groups excluding carboxylic acids is 1. The quantitative estimate of drug-likeness (QED) is 0.547. The van der Waals surface area contributed by atoms with Gasteiger partial charge in [-0.1, -0.05) is 24.3 Å². The van der Waals surface area contributed by atoms with Crippen LogP contribution in [0.25, 0.3) is 16.4 Å². The Labute approximate surface area is 139 Å². The summed E-state index contributed by atoms with van der Waals surface area (Å²) in [6, 6.07) is 10.7. The topological polar surface area (TPSA) is 61.4 Å². The fourth-order valence-electron chi connectivity index (χ4n) is 2.40. The molecular formula is C18H14N4O2. The molecule has 3 rings (SSSR count). The summed E-state index contributed by atoms with van der Waals surface area (Å²) in [6.07, 6.45) is 5.04. The van der Waals surface area contributed by atoms with Gasteiger partial charge in [0.1, 0.15) is 5.69 Å². The summed E-state index contributed by atoms with van der Waals surface area (Å²) in [7, 11) is 1.34. The molecule has 0 aliphatic rings. The second-order valence-electron chi connectivity index (χ2n) is 5.04. The molecule has 0 radical (unpaired) electrons. The Hall–Kier alpha value is -3.46. The number of hydrogen-bond acceptors (Lipinski definition) is 4. The van der Waals surface area contributed by atoms with Crippen LogP contribution in [0.3, 0.4) is 0 Å². The van der Waals surface area contributed by atoms with Crippen molar-refractivity contribution >= 4 is 11.7 Å². The van der Waals surface area contributed by atoms with E-state index in [4.69, 9.17) is 11.3 Å². The van der Waals surface area contributed by atoms with Gasteiger partial charge < -0.3 is 9.30 Å². The second-order valence-corrected chi connectivity index (χ2v) is 5.04. The number of para-hydroxylation sites is 1. The van der Waals surface area contributed by atoms with Crippen LogP contribution in [-0.2, 0) is 11.3 Å². The first-order chi connectivity index (χ1) is 11.7. The third-order valence-electron chi connectivity index (χ3n) is 3.58. The number of benzene rings is 1. The predicted molar refractivity (Wildman–Crippen MR) is 88.6 cm³/mol. The maximum atomic E-state index is 11.7. The van der Waals surface area contributed by atoms with Gasteiger partial charge in [-0.2, -0.15) is 0 Å². The van der Waals surface area contributed by atoms with Crippen molar-refractivity contribution in [3.63, 3.8) is 0 Å². The lowest BCUT2D eigenvalue weighted by atomic mass is 10.1. The number of esters is 1. The monoisotopic (exact) mass is 318 g/mol. The van der Waals surface area contributed by atoms with E-state index in [1.54, 1.807) is 30.6 Å². The minimum atomic E-state index is -0.421. The summed E-state index contributed by atoms with van der Waals surface area (Å²) >= 11 is 0. The number of aromatic nitrogens is 3. The summed E-state index contributed by atoms with van der Waals surface area (Å²) in [6.45, 7) is 7.76. The number of nitrogens with zero attached hydrogens (tertiary/aromatic N) is 4. The second kappa shape index (κ2) is 6.75. The van der Waals surface area contributed by atoms with Crippen LogP contribution in [0.4, 0.5) is 5.69 Å². The third kappa shape index (κ3) is 3.01. The molecule has 0 unspecified atom stereocenters. The fourth-order valence-corrected chi connectivity index (χ4v) is 2.40. The van der Waals surface area contributed by atoms with Gasteiger partial charge in [-0.15, -0.1) is 0 Å². The van der Waals surface area contributed by atoms with Crippen molar-refractivity contribution in [2.75, 3.05) is 7.11 Å². The van der Waals surface area contributed by atoms with E-state index >= 15 is 0 Å². The normalized spacial score (nSPS) is 10.2. The van der Waals surface area contributed by atoms with Crippen molar-refractivity contribution in [3.05, 3.63) is 77.5 Å². The van der Waals surface area contributed by atoms with Gasteiger partial charge in [0.2, 0.25) is 0 Å². The molecule has 0 saturated heterocycles. The Balaban J connectivity index is 1.97. The number of imidazole rings is 1. The van der Waals surface area contributed by atoms with Crippen molar-refractivity contribution in [1.29, 1.82) is 0 Å². The first kappa shape index (κ1) is 15.4. The van der Waals surface area contributed by atoms with Crippen LogP contribution in [0, 0.1) is 6.57 Å². The maximum Gasteiger partial charge on any atom is 0.337 e. The molecule has 0 bridgehead atoms. The van der Waals surface area contributed by atoms with Crippen molar-refractivity contribution in [2.24, 2.45) is 0 Å². The predicted octanol–water partition coefficient (Wildman–Crippen LogP) is 3.33. The Kier molecular flexibility index (Phi) is 4.34. The number of hydrogen-bond donors (Lipinski definition) is 0. The van der Waals surface area contributed by atoms with Crippen molar-refractivity contribution in [2.45, 2.75) is 6.54 Å². The first-order valence-electron chi connectivity index (χ1n) is 7.24. The van der Waals surface area contributed by atoms with Crippen molar-refractivity contribution in [1.82, 2.24) is 14.5 Å². The van der Waals surface area contributed by atoms with Crippen LogP contribution in [0.2, 0.25) is 0 Å². The molecule has 0 aliphatic carbocycles. The van der Waals surface area contributed by atoms with Crippen molar-refractivity contribution < 1.29 is 9.53 Å². The van der Waals surface area contributed by atoms with Gasteiger partial charge in [0.15, 0.2) is 11.5 Å². The van der Waals surface area contributed by atoms with E-state index in [-0.39, 0.29) is 0 Å². The van der Waals surface area contributed by atoms with E-state index in [2.05, 4.69) is 14.8 Å². The molecule has 24 heavy (non-hydrogen) atoms. The lowest BCUT2D eigenvalue weighted by Gasteiger charge is -2.09. The van der Waals surface area contributed by atoms with Gasteiger partial charge in [0.05, 0.1) is 19.2 Å². The van der Waals surface area contributed by atoms with Crippen LogP contribution in [0.15, 0.2) is 55.0 Å². The van der Waals surface area contributed by atoms with Crippen LogP contribution < -0.4 is 0 Å². The van der Waals surface area contributed by atoms with Gasteiger partial charge in [-0.05, 0) is 17.7 Å². The average Bonchev–Trinajstić information content (AvgIpc) is 3.09. The summed E-state index contributed by atoms with van der Waals surface area (Å²) in [5.41, 5.74) is 2.49. The molecule has 6 heteroatoms. The minimum Gasteiger partial charge on any atom is -0.465 e. The Morgan fingerprint density at radius 3 is 2.88 bits per heavy atom. The molecule has 0 fully saturated rings. The molecule has 2 heterocycles.